The SMILES string of the molecule is COCCNC(=O)CC1=CSC2=NC(C)=C(C(=O)OCc3ccccc3)[C@@H](c3ccccc3C)N12. The standard InChI is InChI=1S/C27H29N3O4S/c1-18-9-7-8-12-22(18)25-24(26(32)34-16-20-10-5-4-6-11-20)19(2)29-27-30(25)21(17-35-27)15-23(31)28-13-14-33-3/h4-12,17,25H,13-16H2,1-3H3,(H,28,31)/t25-/m1/s1. The van der Waals surface area contributed by atoms with Crippen molar-refractivity contribution in [3.8, 4) is 0 Å². The Morgan fingerprint density at radius 2 is 1.83 bits per heavy atom. The molecule has 0 radical (unpaired) electrons. The summed E-state index contributed by atoms with van der Waals surface area (Å²) in [7, 11) is 1.60. The van der Waals surface area contributed by atoms with Crippen molar-refractivity contribution in [1.82, 2.24) is 10.2 Å². The van der Waals surface area contributed by atoms with Crippen LogP contribution < -0.4 is 5.32 Å². The molecule has 0 aliphatic carbocycles. The van der Waals surface area contributed by atoms with Crippen LogP contribution >= 0.6 is 11.8 Å². The summed E-state index contributed by atoms with van der Waals surface area (Å²) in [6.07, 6.45) is 0.170. The fourth-order valence-electron chi connectivity index (χ4n) is 4.14. The Labute approximate surface area is 209 Å². The van der Waals surface area contributed by atoms with Crippen LogP contribution in [0.1, 0.15) is 36.1 Å². The van der Waals surface area contributed by atoms with Gasteiger partial charge in [0.05, 0.1) is 30.3 Å². The number of ether oxygens (including phenoxy) is 2. The average Bonchev–Trinajstić information content (AvgIpc) is 3.24. The molecule has 0 unspecified atom stereocenters. The molecule has 1 amide bonds. The van der Waals surface area contributed by atoms with Gasteiger partial charge in [0.25, 0.3) is 0 Å². The van der Waals surface area contributed by atoms with Crippen LogP contribution in [0.25, 0.3) is 0 Å². The minimum Gasteiger partial charge on any atom is -0.457 e. The molecule has 0 spiro atoms. The maximum Gasteiger partial charge on any atom is 0.338 e. The first-order chi connectivity index (χ1) is 17.0. The van der Waals surface area contributed by atoms with Crippen molar-refractivity contribution in [2.24, 2.45) is 4.99 Å². The Hall–Kier alpha value is -3.36. The van der Waals surface area contributed by atoms with E-state index in [1.54, 1.807) is 7.11 Å². The molecule has 2 aromatic carbocycles. The summed E-state index contributed by atoms with van der Waals surface area (Å²) in [5.74, 6) is -0.527. The van der Waals surface area contributed by atoms with Crippen molar-refractivity contribution in [3.05, 3.63) is 93.7 Å². The number of thioether (sulfide) groups is 1. The Balaban J connectivity index is 1.64. The number of esters is 1. The van der Waals surface area contributed by atoms with E-state index in [2.05, 4.69) is 5.32 Å². The third kappa shape index (κ3) is 5.66. The van der Waals surface area contributed by atoms with Crippen LogP contribution in [0.4, 0.5) is 0 Å². The van der Waals surface area contributed by atoms with E-state index in [-0.39, 0.29) is 18.9 Å². The van der Waals surface area contributed by atoms with Gasteiger partial charge >= 0.3 is 5.97 Å². The molecule has 1 N–H and O–H groups in total. The molecular weight excluding hydrogens is 462 g/mol. The van der Waals surface area contributed by atoms with Gasteiger partial charge < -0.3 is 19.7 Å². The molecule has 0 saturated carbocycles. The number of nitrogens with one attached hydrogen (secondary N) is 1. The summed E-state index contributed by atoms with van der Waals surface area (Å²) in [6, 6.07) is 17.1. The first-order valence-electron chi connectivity index (χ1n) is 11.5. The van der Waals surface area contributed by atoms with E-state index < -0.39 is 12.0 Å². The van der Waals surface area contributed by atoms with E-state index in [0.717, 1.165) is 27.6 Å². The number of carbonyl (C=O) groups excluding carboxylic acids is 2. The highest BCUT2D eigenvalue weighted by Gasteiger charge is 2.41. The Bertz CT molecular complexity index is 1190. The molecular formula is C27H29N3O4S. The lowest BCUT2D eigenvalue weighted by Gasteiger charge is -2.37. The smallest absolute Gasteiger partial charge is 0.338 e. The third-order valence-electron chi connectivity index (χ3n) is 5.89. The first-order valence-corrected chi connectivity index (χ1v) is 12.3. The van der Waals surface area contributed by atoms with Crippen molar-refractivity contribution < 1.29 is 19.1 Å². The van der Waals surface area contributed by atoms with Gasteiger partial charge in [0, 0.05) is 19.4 Å². The summed E-state index contributed by atoms with van der Waals surface area (Å²) < 4.78 is 10.8. The van der Waals surface area contributed by atoms with E-state index in [4.69, 9.17) is 14.5 Å². The second kappa shape index (κ2) is 11.4. The molecule has 4 rings (SSSR count). The van der Waals surface area contributed by atoms with Crippen LogP contribution in [0.15, 0.2) is 82.0 Å². The molecule has 2 heterocycles. The number of aryl methyl sites for hydroxylation is 1. The zero-order valence-corrected chi connectivity index (χ0v) is 20.9. The van der Waals surface area contributed by atoms with Crippen LogP contribution in [-0.4, -0.2) is 42.2 Å². The van der Waals surface area contributed by atoms with E-state index in [1.165, 1.54) is 11.8 Å². The van der Waals surface area contributed by atoms with Crippen molar-refractivity contribution in [1.29, 1.82) is 0 Å². The molecule has 7 nitrogen and oxygen atoms in total. The number of aliphatic imine (C=N–C) groups is 1. The van der Waals surface area contributed by atoms with Gasteiger partial charge in [0.2, 0.25) is 5.91 Å². The molecule has 0 bridgehead atoms. The highest BCUT2D eigenvalue weighted by molar-refractivity contribution is 8.16. The number of amides is 1. The normalized spacial score (nSPS) is 17.0. The lowest BCUT2D eigenvalue weighted by Crippen LogP contribution is -2.38. The predicted octanol–water partition coefficient (Wildman–Crippen LogP) is 4.47. The number of amidine groups is 1. The number of carbonyl (C=O) groups is 2. The first kappa shape index (κ1) is 24.8. The van der Waals surface area contributed by atoms with Crippen molar-refractivity contribution >= 4 is 28.8 Å². The van der Waals surface area contributed by atoms with Gasteiger partial charge in [-0.2, -0.15) is 0 Å². The number of methoxy groups -OCH3 is 1. The summed E-state index contributed by atoms with van der Waals surface area (Å²) >= 11 is 1.46. The lowest BCUT2D eigenvalue weighted by atomic mass is 9.91. The zero-order valence-electron chi connectivity index (χ0n) is 20.1. The van der Waals surface area contributed by atoms with Gasteiger partial charge in [0.15, 0.2) is 5.17 Å². The number of rotatable bonds is 9. The Morgan fingerprint density at radius 1 is 1.09 bits per heavy atom. The molecule has 182 valence electrons. The topological polar surface area (TPSA) is 80.2 Å². The lowest BCUT2D eigenvalue weighted by molar-refractivity contribution is -0.141. The molecule has 8 heteroatoms. The molecule has 0 aromatic heterocycles. The highest BCUT2D eigenvalue weighted by atomic mass is 32.2. The summed E-state index contributed by atoms with van der Waals surface area (Å²) in [6.45, 7) is 4.92. The predicted molar refractivity (Wildman–Crippen MR) is 137 cm³/mol. The Kier molecular flexibility index (Phi) is 8.05. The van der Waals surface area contributed by atoms with Crippen molar-refractivity contribution in [2.45, 2.75) is 32.9 Å². The van der Waals surface area contributed by atoms with Crippen LogP contribution in [0.3, 0.4) is 0 Å². The number of benzene rings is 2. The largest absolute Gasteiger partial charge is 0.457 e. The Morgan fingerprint density at radius 3 is 2.57 bits per heavy atom. The quantitative estimate of drug-likeness (QED) is 0.412. The summed E-state index contributed by atoms with van der Waals surface area (Å²) in [5, 5.41) is 5.55. The maximum atomic E-state index is 13.5. The van der Waals surface area contributed by atoms with Crippen molar-refractivity contribution in [3.63, 3.8) is 0 Å². The van der Waals surface area contributed by atoms with Gasteiger partial charge in [-0.05, 0) is 35.9 Å². The van der Waals surface area contributed by atoms with Gasteiger partial charge in [-0.1, -0.05) is 66.4 Å². The average molecular weight is 492 g/mol. The zero-order chi connectivity index (χ0) is 24.8. The van der Waals surface area contributed by atoms with Crippen LogP contribution in [0, 0.1) is 6.92 Å². The molecule has 2 aliphatic heterocycles. The molecule has 1 atom stereocenters. The molecule has 0 fully saturated rings. The second-order valence-corrected chi connectivity index (χ2v) is 9.17. The molecule has 2 aromatic rings. The second-order valence-electron chi connectivity index (χ2n) is 8.33. The van der Waals surface area contributed by atoms with Crippen LogP contribution in [-0.2, 0) is 25.7 Å². The van der Waals surface area contributed by atoms with Crippen LogP contribution in [0.5, 0.6) is 0 Å². The van der Waals surface area contributed by atoms with Gasteiger partial charge in [-0.25, -0.2) is 9.79 Å². The minimum absolute atomic E-state index is 0.113. The number of hydrogen-bond acceptors (Lipinski definition) is 7. The third-order valence-corrected chi connectivity index (χ3v) is 6.78. The molecule has 35 heavy (non-hydrogen) atoms. The van der Waals surface area contributed by atoms with Gasteiger partial charge in [0.1, 0.15) is 6.61 Å². The highest BCUT2D eigenvalue weighted by Crippen LogP contribution is 2.45. The molecule has 2 aliphatic rings. The van der Waals surface area contributed by atoms with E-state index in [1.807, 2.05) is 78.8 Å². The fraction of sp³-hybridized carbons (Fsp3) is 0.296. The van der Waals surface area contributed by atoms with Gasteiger partial charge in [-0.3, -0.25) is 4.79 Å². The number of hydrogen-bond donors (Lipinski definition) is 1. The summed E-state index contributed by atoms with van der Waals surface area (Å²) in [5.41, 5.74) is 4.82. The monoisotopic (exact) mass is 491 g/mol. The van der Waals surface area contributed by atoms with E-state index >= 15 is 0 Å². The maximum absolute atomic E-state index is 13.5. The van der Waals surface area contributed by atoms with Crippen molar-refractivity contribution in [2.75, 3.05) is 20.3 Å². The number of fused-ring (bicyclic) bond motifs is 1. The number of nitrogens with zero attached hydrogens (tertiary/aromatic N) is 2. The van der Waals surface area contributed by atoms with Crippen LogP contribution in [0.2, 0.25) is 0 Å². The summed E-state index contributed by atoms with van der Waals surface area (Å²) in [4.78, 5) is 32.8. The van der Waals surface area contributed by atoms with Gasteiger partial charge in [-0.15, -0.1) is 0 Å². The minimum atomic E-state index is -0.444. The van der Waals surface area contributed by atoms with E-state index in [9.17, 15) is 9.59 Å². The number of allylic oxidation sites excluding steroid dienone is 1. The fourth-order valence-corrected chi connectivity index (χ4v) is 5.10. The van der Waals surface area contributed by atoms with E-state index in [0.29, 0.717) is 24.4 Å². The molecule has 0 saturated heterocycles.